The van der Waals surface area contributed by atoms with Gasteiger partial charge in [0, 0.05) is 25.8 Å². The molecule has 1 N–H and O–H groups in total. The van der Waals surface area contributed by atoms with Gasteiger partial charge in [0.25, 0.3) is 5.91 Å². The summed E-state index contributed by atoms with van der Waals surface area (Å²) in [5.41, 5.74) is 0.596. The number of aromatic nitrogens is 1. The highest BCUT2D eigenvalue weighted by Gasteiger charge is 2.33. The molecular weight excluding hydrogens is 262 g/mol. The first-order valence-electron chi connectivity index (χ1n) is 7.53. The lowest BCUT2D eigenvalue weighted by Crippen LogP contribution is -2.24. The normalized spacial score (nSPS) is 23.7. The highest BCUT2D eigenvalue weighted by atomic mass is 16.1. The third-order valence-corrected chi connectivity index (χ3v) is 4.36. The quantitative estimate of drug-likeness (QED) is 0.863. The molecule has 0 saturated carbocycles. The highest BCUT2D eigenvalue weighted by Crippen LogP contribution is 2.34. The Kier molecular flexibility index (Phi) is 4.04. The summed E-state index contributed by atoms with van der Waals surface area (Å²) in [6.07, 6.45) is 10.3. The van der Waals surface area contributed by atoms with E-state index in [4.69, 9.17) is 0 Å². The maximum Gasteiger partial charge on any atom is 0.253 e. The lowest BCUT2D eigenvalue weighted by molar-refractivity contribution is 0.0957. The first-order valence-corrected chi connectivity index (χ1v) is 7.53. The summed E-state index contributed by atoms with van der Waals surface area (Å²) < 4.78 is 0. The molecular formula is C17H21N3O. The van der Waals surface area contributed by atoms with Gasteiger partial charge in [-0.05, 0) is 36.8 Å². The molecule has 1 amide bonds. The van der Waals surface area contributed by atoms with E-state index in [2.05, 4.69) is 33.9 Å². The van der Waals surface area contributed by atoms with Gasteiger partial charge in [0.1, 0.15) is 5.82 Å². The van der Waals surface area contributed by atoms with E-state index in [0.29, 0.717) is 12.1 Å². The van der Waals surface area contributed by atoms with Crippen LogP contribution in [0, 0.1) is 11.8 Å². The first-order chi connectivity index (χ1) is 10.3. The van der Waals surface area contributed by atoms with Gasteiger partial charge in [0.2, 0.25) is 0 Å². The SMILES string of the molecule is C=CCNC(=O)c1ccc(N2CC3CC=CCC3C2)nc1. The summed E-state index contributed by atoms with van der Waals surface area (Å²) >= 11 is 0. The molecule has 1 aromatic heterocycles. The fraction of sp³-hybridized carbons (Fsp3) is 0.412. The molecule has 21 heavy (non-hydrogen) atoms. The summed E-state index contributed by atoms with van der Waals surface area (Å²) in [7, 11) is 0. The number of rotatable bonds is 4. The Bertz CT molecular complexity index is 534. The molecule has 4 nitrogen and oxygen atoms in total. The van der Waals surface area contributed by atoms with Gasteiger partial charge < -0.3 is 10.2 Å². The van der Waals surface area contributed by atoms with E-state index in [1.54, 1.807) is 12.3 Å². The lowest BCUT2D eigenvalue weighted by atomic mass is 9.86. The number of hydrogen-bond donors (Lipinski definition) is 1. The van der Waals surface area contributed by atoms with Gasteiger partial charge >= 0.3 is 0 Å². The predicted octanol–water partition coefficient (Wildman–Crippen LogP) is 2.40. The van der Waals surface area contributed by atoms with Crippen molar-refractivity contribution in [2.24, 2.45) is 11.8 Å². The molecule has 2 unspecified atom stereocenters. The number of carbonyl (C=O) groups excluding carboxylic acids is 1. The molecule has 1 aliphatic carbocycles. The molecule has 2 atom stereocenters. The second-order valence-corrected chi connectivity index (χ2v) is 5.77. The number of nitrogens with zero attached hydrogens (tertiary/aromatic N) is 2. The van der Waals surface area contributed by atoms with Crippen LogP contribution in [0.2, 0.25) is 0 Å². The molecule has 1 saturated heterocycles. The molecule has 1 aliphatic heterocycles. The zero-order valence-corrected chi connectivity index (χ0v) is 12.2. The van der Waals surface area contributed by atoms with E-state index in [1.165, 1.54) is 12.8 Å². The van der Waals surface area contributed by atoms with Crippen LogP contribution in [-0.2, 0) is 0 Å². The minimum Gasteiger partial charge on any atom is -0.356 e. The monoisotopic (exact) mass is 283 g/mol. The Morgan fingerprint density at radius 3 is 2.62 bits per heavy atom. The number of carbonyl (C=O) groups is 1. The van der Waals surface area contributed by atoms with Crippen molar-refractivity contribution in [1.82, 2.24) is 10.3 Å². The average Bonchev–Trinajstić information content (AvgIpc) is 2.96. The fourth-order valence-electron chi connectivity index (χ4n) is 3.18. The summed E-state index contributed by atoms with van der Waals surface area (Å²) in [6.45, 7) is 6.21. The van der Waals surface area contributed by atoms with Crippen LogP contribution in [0.4, 0.5) is 5.82 Å². The van der Waals surface area contributed by atoms with Crippen LogP contribution in [0.5, 0.6) is 0 Å². The Labute approximate surface area is 125 Å². The molecule has 110 valence electrons. The molecule has 1 aromatic rings. The zero-order chi connectivity index (χ0) is 14.7. The van der Waals surface area contributed by atoms with Gasteiger partial charge in [-0.2, -0.15) is 0 Å². The Morgan fingerprint density at radius 1 is 1.33 bits per heavy atom. The largest absolute Gasteiger partial charge is 0.356 e. The summed E-state index contributed by atoms with van der Waals surface area (Å²) in [6, 6.07) is 3.80. The topological polar surface area (TPSA) is 45.2 Å². The van der Waals surface area contributed by atoms with Crippen LogP contribution in [0.1, 0.15) is 23.2 Å². The molecule has 0 radical (unpaired) electrons. The van der Waals surface area contributed by atoms with E-state index in [0.717, 1.165) is 30.7 Å². The molecule has 2 heterocycles. The van der Waals surface area contributed by atoms with Gasteiger partial charge in [0.05, 0.1) is 5.56 Å². The van der Waals surface area contributed by atoms with Crippen LogP contribution in [0.3, 0.4) is 0 Å². The van der Waals surface area contributed by atoms with E-state index < -0.39 is 0 Å². The summed E-state index contributed by atoms with van der Waals surface area (Å²) in [5.74, 6) is 2.39. The molecule has 4 heteroatoms. The molecule has 0 spiro atoms. The highest BCUT2D eigenvalue weighted by molar-refractivity contribution is 5.94. The first kappa shape index (κ1) is 13.9. The molecule has 0 aromatic carbocycles. The molecule has 0 bridgehead atoms. The number of fused-ring (bicyclic) bond motifs is 1. The van der Waals surface area contributed by atoms with Crippen molar-refractivity contribution in [3.8, 4) is 0 Å². The number of anilines is 1. The molecule has 2 aliphatic rings. The Balaban J connectivity index is 1.65. The number of allylic oxidation sites excluding steroid dienone is 2. The van der Waals surface area contributed by atoms with E-state index in [9.17, 15) is 4.79 Å². The smallest absolute Gasteiger partial charge is 0.253 e. The molecule has 3 rings (SSSR count). The predicted molar refractivity (Wildman–Crippen MR) is 84.3 cm³/mol. The van der Waals surface area contributed by atoms with Crippen molar-refractivity contribution in [2.45, 2.75) is 12.8 Å². The third kappa shape index (κ3) is 2.99. The van der Waals surface area contributed by atoms with Gasteiger partial charge in [-0.25, -0.2) is 4.98 Å². The minimum atomic E-state index is -0.103. The Hall–Kier alpha value is -2.10. The van der Waals surface area contributed by atoms with Crippen molar-refractivity contribution < 1.29 is 4.79 Å². The number of amides is 1. The third-order valence-electron chi connectivity index (χ3n) is 4.36. The van der Waals surface area contributed by atoms with Crippen molar-refractivity contribution in [3.63, 3.8) is 0 Å². The Morgan fingerprint density at radius 2 is 2.05 bits per heavy atom. The second-order valence-electron chi connectivity index (χ2n) is 5.77. The van der Waals surface area contributed by atoms with E-state index in [-0.39, 0.29) is 5.91 Å². The summed E-state index contributed by atoms with van der Waals surface area (Å²) in [4.78, 5) is 18.6. The maximum atomic E-state index is 11.8. The lowest BCUT2D eigenvalue weighted by Gasteiger charge is -2.17. The van der Waals surface area contributed by atoms with Crippen LogP contribution in [0.25, 0.3) is 0 Å². The van der Waals surface area contributed by atoms with Gasteiger partial charge in [-0.1, -0.05) is 18.2 Å². The van der Waals surface area contributed by atoms with Crippen molar-refractivity contribution in [3.05, 3.63) is 48.7 Å². The van der Waals surface area contributed by atoms with Crippen molar-refractivity contribution in [2.75, 3.05) is 24.5 Å². The van der Waals surface area contributed by atoms with Gasteiger partial charge in [-0.15, -0.1) is 6.58 Å². The van der Waals surface area contributed by atoms with Crippen LogP contribution in [-0.4, -0.2) is 30.5 Å². The average molecular weight is 283 g/mol. The maximum absolute atomic E-state index is 11.8. The van der Waals surface area contributed by atoms with Crippen molar-refractivity contribution in [1.29, 1.82) is 0 Å². The van der Waals surface area contributed by atoms with Crippen LogP contribution >= 0.6 is 0 Å². The minimum absolute atomic E-state index is 0.103. The van der Waals surface area contributed by atoms with Gasteiger partial charge in [-0.3, -0.25) is 4.79 Å². The zero-order valence-electron chi connectivity index (χ0n) is 12.2. The second kappa shape index (κ2) is 6.12. The van der Waals surface area contributed by atoms with E-state index in [1.807, 2.05) is 12.1 Å². The fourth-order valence-corrected chi connectivity index (χ4v) is 3.18. The number of pyridine rings is 1. The summed E-state index contributed by atoms with van der Waals surface area (Å²) in [5, 5.41) is 2.76. The molecule has 1 fully saturated rings. The van der Waals surface area contributed by atoms with Crippen LogP contribution in [0.15, 0.2) is 43.1 Å². The van der Waals surface area contributed by atoms with Crippen molar-refractivity contribution >= 4 is 11.7 Å². The van der Waals surface area contributed by atoms with E-state index >= 15 is 0 Å². The standard InChI is InChI=1S/C17H21N3O/c1-2-9-18-17(21)13-7-8-16(19-10-13)20-11-14-5-3-4-6-15(14)12-20/h2-4,7-8,10,14-15H,1,5-6,9,11-12H2,(H,18,21). The van der Waals surface area contributed by atoms with Crippen LogP contribution < -0.4 is 10.2 Å². The van der Waals surface area contributed by atoms with Gasteiger partial charge in [0.15, 0.2) is 0 Å². The number of hydrogen-bond acceptors (Lipinski definition) is 3. The number of nitrogens with one attached hydrogen (secondary N) is 1.